The molecule has 1 aromatic rings. The van der Waals surface area contributed by atoms with E-state index in [0.29, 0.717) is 17.7 Å². The zero-order chi connectivity index (χ0) is 14.4. The van der Waals surface area contributed by atoms with Crippen LogP contribution in [0.25, 0.3) is 0 Å². The third-order valence-electron chi connectivity index (χ3n) is 3.35. The van der Waals surface area contributed by atoms with Gasteiger partial charge in [-0.15, -0.1) is 0 Å². The maximum Gasteiger partial charge on any atom is 0.261 e. The van der Waals surface area contributed by atoms with Gasteiger partial charge in [0.25, 0.3) is 11.8 Å². The lowest BCUT2D eigenvalue weighted by Gasteiger charge is -2.13. The summed E-state index contributed by atoms with van der Waals surface area (Å²) in [6.45, 7) is 2.43. The number of rotatable bonds is 8. The van der Waals surface area contributed by atoms with Gasteiger partial charge in [0, 0.05) is 11.9 Å². The van der Waals surface area contributed by atoms with Gasteiger partial charge in [0.15, 0.2) is 0 Å². The second kappa shape index (κ2) is 7.55. The van der Waals surface area contributed by atoms with Gasteiger partial charge in [-0.3, -0.25) is 14.5 Å². The summed E-state index contributed by atoms with van der Waals surface area (Å²) in [7, 11) is 0. The molecule has 108 valence electrons. The predicted molar refractivity (Wildman–Crippen MR) is 82.3 cm³/mol. The van der Waals surface area contributed by atoms with E-state index in [0.717, 1.165) is 37.7 Å². The van der Waals surface area contributed by atoms with E-state index in [-0.39, 0.29) is 11.8 Å². The van der Waals surface area contributed by atoms with E-state index < -0.39 is 0 Å². The van der Waals surface area contributed by atoms with Crippen LogP contribution in [0, 0.1) is 0 Å². The van der Waals surface area contributed by atoms with Gasteiger partial charge in [-0.1, -0.05) is 28.1 Å². The van der Waals surface area contributed by atoms with Crippen LogP contribution in [0.5, 0.6) is 0 Å². The highest BCUT2D eigenvalue weighted by Gasteiger charge is 2.34. The number of fused-ring (bicyclic) bond motifs is 1. The van der Waals surface area contributed by atoms with Crippen molar-refractivity contribution >= 4 is 27.7 Å². The van der Waals surface area contributed by atoms with E-state index in [2.05, 4.69) is 21.2 Å². The molecule has 0 saturated heterocycles. The number of alkyl halides is 1. The maximum atomic E-state index is 12.1. The van der Waals surface area contributed by atoms with E-state index in [1.807, 2.05) is 0 Å². The van der Waals surface area contributed by atoms with E-state index in [1.165, 1.54) is 4.90 Å². The standard InChI is InChI=1S/C15H19BrN2O2/c16-8-5-10-17-9-3-4-11-18-14(19)12-6-1-2-7-13(12)15(18)20/h1-2,6-7,17H,3-5,8-11H2. The monoisotopic (exact) mass is 338 g/mol. The first-order valence-corrected chi connectivity index (χ1v) is 8.09. The summed E-state index contributed by atoms with van der Waals surface area (Å²) in [5.74, 6) is -0.310. The van der Waals surface area contributed by atoms with Gasteiger partial charge in [0.05, 0.1) is 11.1 Å². The molecule has 4 nitrogen and oxygen atoms in total. The number of carbonyl (C=O) groups is 2. The number of hydrogen-bond acceptors (Lipinski definition) is 3. The van der Waals surface area contributed by atoms with E-state index >= 15 is 0 Å². The molecular weight excluding hydrogens is 320 g/mol. The zero-order valence-electron chi connectivity index (χ0n) is 11.4. The summed E-state index contributed by atoms with van der Waals surface area (Å²) < 4.78 is 0. The van der Waals surface area contributed by atoms with Crippen LogP contribution in [0.1, 0.15) is 40.0 Å². The number of benzene rings is 1. The highest BCUT2D eigenvalue weighted by molar-refractivity contribution is 9.09. The van der Waals surface area contributed by atoms with Crippen molar-refractivity contribution < 1.29 is 9.59 Å². The van der Waals surface area contributed by atoms with Crippen LogP contribution in [0.15, 0.2) is 24.3 Å². The fourth-order valence-corrected chi connectivity index (χ4v) is 2.56. The normalized spacial score (nSPS) is 13.9. The number of nitrogens with zero attached hydrogens (tertiary/aromatic N) is 1. The minimum Gasteiger partial charge on any atom is -0.317 e. The minimum atomic E-state index is -0.155. The quantitative estimate of drug-likeness (QED) is 0.450. The zero-order valence-corrected chi connectivity index (χ0v) is 13.0. The van der Waals surface area contributed by atoms with Crippen LogP contribution in [-0.4, -0.2) is 41.7 Å². The van der Waals surface area contributed by atoms with Crippen molar-refractivity contribution in [3.8, 4) is 0 Å². The molecular formula is C15H19BrN2O2. The summed E-state index contributed by atoms with van der Waals surface area (Å²) in [6.07, 6.45) is 2.92. The van der Waals surface area contributed by atoms with Crippen molar-refractivity contribution in [3.63, 3.8) is 0 Å². The largest absolute Gasteiger partial charge is 0.317 e. The van der Waals surface area contributed by atoms with Crippen molar-refractivity contribution in [2.45, 2.75) is 19.3 Å². The fourth-order valence-electron chi connectivity index (χ4n) is 2.28. The number of hydrogen-bond donors (Lipinski definition) is 1. The molecule has 5 heteroatoms. The van der Waals surface area contributed by atoms with Gasteiger partial charge in [-0.2, -0.15) is 0 Å². The van der Waals surface area contributed by atoms with Crippen molar-refractivity contribution in [3.05, 3.63) is 35.4 Å². The molecule has 1 aliphatic rings. The Bertz CT molecular complexity index is 456. The lowest BCUT2D eigenvalue weighted by molar-refractivity contribution is 0.0652. The number of nitrogens with one attached hydrogen (secondary N) is 1. The molecule has 1 aliphatic heterocycles. The molecule has 0 saturated carbocycles. The molecule has 0 unspecified atom stereocenters. The predicted octanol–water partition coefficient (Wildman–Crippen LogP) is 2.44. The average molecular weight is 339 g/mol. The summed E-state index contributed by atoms with van der Waals surface area (Å²) in [5, 5.41) is 4.34. The lowest BCUT2D eigenvalue weighted by Crippen LogP contribution is -2.31. The van der Waals surface area contributed by atoms with Gasteiger partial charge in [-0.05, 0) is 44.5 Å². The Hall–Kier alpha value is -1.20. The molecule has 0 radical (unpaired) electrons. The molecule has 2 rings (SSSR count). The van der Waals surface area contributed by atoms with Crippen LogP contribution < -0.4 is 5.32 Å². The number of carbonyl (C=O) groups excluding carboxylic acids is 2. The van der Waals surface area contributed by atoms with Gasteiger partial charge >= 0.3 is 0 Å². The smallest absolute Gasteiger partial charge is 0.261 e. The molecule has 20 heavy (non-hydrogen) atoms. The van der Waals surface area contributed by atoms with E-state index in [1.54, 1.807) is 24.3 Å². The third kappa shape index (κ3) is 3.46. The van der Waals surface area contributed by atoms with E-state index in [4.69, 9.17) is 0 Å². The summed E-state index contributed by atoms with van der Waals surface area (Å²) >= 11 is 3.38. The number of imide groups is 1. The van der Waals surface area contributed by atoms with Crippen LogP contribution in [0.4, 0.5) is 0 Å². The summed E-state index contributed by atoms with van der Waals surface area (Å²) in [4.78, 5) is 25.6. The number of unbranched alkanes of at least 4 members (excludes halogenated alkanes) is 1. The first-order chi connectivity index (χ1) is 9.75. The van der Waals surface area contributed by atoms with Crippen molar-refractivity contribution in [1.29, 1.82) is 0 Å². The Morgan fingerprint density at radius 2 is 1.55 bits per heavy atom. The maximum absolute atomic E-state index is 12.1. The van der Waals surface area contributed by atoms with Crippen LogP contribution in [-0.2, 0) is 0 Å². The van der Waals surface area contributed by atoms with E-state index in [9.17, 15) is 9.59 Å². The van der Waals surface area contributed by atoms with Crippen molar-refractivity contribution in [1.82, 2.24) is 10.2 Å². The molecule has 0 atom stereocenters. The second-order valence-electron chi connectivity index (χ2n) is 4.81. The molecule has 0 bridgehead atoms. The Morgan fingerprint density at radius 3 is 2.15 bits per heavy atom. The second-order valence-corrected chi connectivity index (χ2v) is 5.60. The Kier molecular flexibility index (Phi) is 5.73. The van der Waals surface area contributed by atoms with Crippen LogP contribution >= 0.6 is 15.9 Å². The molecule has 0 aliphatic carbocycles. The van der Waals surface area contributed by atoms with Gasteiger partial charge < -0.3 is 5.32 Å². The molecule has 0 spiro atoms. The lowest BCUT2D eigenvalue weighted by atomic mass is 10.1. The highest BCUT2D eigenvalue weighted by Crippen LogP contribution is 2.22. The SMILES string of the molecule is O=C1c2ccccc2C(=O)N1CCCCNCCCBr. The molecule has 1 heterocycles. The fraction of sp³-hybridized carbons (Fsp3) is 0.467. The van der Waals surface area contributed by atoms with Crippen LogP contribution in [0.2, 0.25) is 0 Å². The van der Waals surface area contributed by atoms with Gasteiger partial charge in [0.2, 0.25) is 0 Å². The number of amides is 2. The Balaban J connectivity index is 1.75. The topological polar surface area (TPSA) is 49.4 Å². The minimum absolute atomic E-state index is 0.155. The van der Waals surface area contributed by atoms with Gasteiger partial charge in [0.1, 0.15) is 0 Å². The Labute approximate surface area is 127 Å². The molecule has 0 aromatic heterocycles. The van der Waals surface area contributed by atoms with Crippen molar-refractivity contribution in [2.75, 3.05) is 25.0 Å². The summed E-state index contributed by atoms with van der Waals surface area (Å²) in [5.41, 5.74) is 1.07. The molecule has 1 N–H and O–H groups in total. The van der Waals surface area contributed by atoms with Crippen molar-refractivity contribution in [2.24, 2.45) is 0 Å². The summed E-state index contributed by atoms with van der Waals surface area (Å²) in [6, 6.07) is 7.03. The molecule has 1 aromatic carbocycles. The third-order valence-corrected chi connectivity index (χ3v) is 3.91. The van der Waals surface area contributed by atoms with Crippen LogP contribution in [0.3, 0.4) is 0 Å². The Morgan fingerprint density at radius 1 is 0.950 bits per heavy atom. The molecule has 2 amide bonds. The highest BCUT2D eigenvalue weighted by atomic mass is 79.9. The average Bonchev–Trinajstić information content (AvgIpc) is 2.71. The first kappa shape index (κ1) is 15.2. The number of halogens is 1. The molecule has 0 fully saturated rings. The first-order valence-electron chi connectivity index (χ1n) is 6.97. The van der Waals surface area contributed by atoms with Gasteiger partial charge in [-0.25, -0.2) is 0 Å².